The Morgan fingerprint density at radius 1 is 1.05 bits per heavy atom. The Balaban J connectivity index is 1.64. The van der Waals surface area contributed by atoms with Crippen molar-refractivity contribution in [2.45, 2.75) is 6.61 Å². The van der Waals surface area contributed by atoms with Gasteiger partial charge in [-0.15, -0.1) is 11.3 Å². The standard InChI is InChI=1S/C17H23N3OS/c18-7-8-19-9-11-20(12-10-19)16-5-1-2-6-17(16)21-14-15-4-3-13-22-15/h1-6,13H,7-12,14,18H2. The van der Waals surface area contributed by atoms with Crippen LogP contribution in [0, 0.1) is 0 Å². The molecule has 0 amide bonds. The van der Waals surface area contributed by atoms with E-state index >= 15 is 0 Å². The number of ether oxygens (including phenoxy) is 1. The molecule has 1 fully saturated rings. The normalized spacial score (nSPS) is 16.0. The molecule has 118 valence electrons. The zero-order valence-electron chi connectivity index (χ0n) is 12.8. The van der Waals surface area contributed by atoms with Gasteiger partial charge < -0.3 is 15.4 Å². The first-order valence-electron chi connectivity index (χ1n) is 7.78. The Labute approximate surface area is 136 Å². The van der Waals surface area contributed by atoms with Crippen molar-refractivity contribution < 1.29 is 4.74 Å². The van der Waals surface area contributed by atoms with Crippen LogP contribution in [0.3, 0.4) is 0 Å². The van der Waals surface area contributed by atoms with Crippen molar-refractivity contribution in [2.75, 3.05) is 44.2 Å². The number of para-hydroxylation sites is 2. The number of hydrogen-bond donors (Lipinski definition) is 1. The molecular formula is C17H23N3OS. The van der Waals surface area contributed by atoms with Crippen LogP contribution in [0.2, 0.25) is 0 Å². The summed E-state index contributed by atoms with van der Waals surface area (Å²) < 4.78 is 6.04. The van der Waals surface area contributed by atoms with Crippen LogP contribution in [0.25, 0.3) is 0 Å². The van der Waals surface area contributed by atoms with Crippen molar-refractivity contribution in [1.82, 2.24) is 4.90 Å². The average molecular weight is 317 g/mol. The first-order chi connectivity index (χ1) is 10.9. The quantitative estimate of drug-likeness (QED) is 0.888. The third kappa shape index (κ3) is 3.80. The predicted molar refractivity (Wildman–Crippen MR) is 92.8 cm³/mol. The highest BCUT2D eigenvalue weighted by Crippen LogP contribution is 2.29. The van der Waals surface area contributed by atoms with Gasteiger partial charge in [0.25, 0.3) is 0 Å². The van der Waals surface area contributed by atoms with Crippen LogP contribution in [-0.4, -0.2) is 44.2 Å². The summed E-state index contributed by atoms with van der Waals surface area (Å²) in [6.45, 7) is 6.55. The Bertz CT molecular complexity index is 565. The third-order valence-corrected chi connectivity index (χ3v) is 4.82. The lowest BCUT2D eigenvalue weighted by molar-refractivity contribution is 0.262. The van der Waals surface area contributed by atoms with Crippen LogP contribution in [0.4, 0.5) is 5.69 Å². The molecule has 0 unspecified atom stereocenters. The van der Waals surface area contributed by atoms with Crippen molar-refractivity contribution in [1.29, 1.82) is 0 Å². The Morgan fingerprint density at radius 3 is 2.59 bits per heavy atom. The SMILES string of the molecule is NCCN1CCN(c2ccccc2OCc2cccs2)CC1. The van der Waals surface area contributed by atoms with Gasteiger partial charge in [-0.2, -0.15) is 0 Å². The molecule has 1 aromatic heterocycles. The molecule has 0 radical (unpaired) electrons. The highest BCUT2D eigenvalue weighted by molar-refractivity contribution is 7.09. The first kappa shape index (κ1) is 15.3. The van der Waals surface area contributed by atoms with E-state index in [4.69, 9.17) is 10.5 Å². The molecule has 2 N–H and O–H groups in total. The van der Waals surface area contributed by atoms with Gasteiger partial charge in [0, 0.05) is 44.1 Å². The fourth-order valence-electron chi connectivity index (χ4n) is 2.78. The summed E-state index contributed by atoms with van der Waals surface area (Å²) in [6, 6.07) is 12.5. The second kappa shape index (κ2) is 7.63. The van der Waals surface area contributed by atoms with Crippen molar-refractivity contribution in [2.24, 2.45) is 5.73 Å². The molecule has 0 saturated carbocycles. The average Bonchev–Trinajstić information content (AvgIpc) is 3.08. The fourth-order valence-corrected chi connectivity index (χ4v) is 3.40. The van der Waals surface area contributed by atoms with E-state index in [1.807, 2.05) is 6.07 Å². The van der Waals surface area contributed by atoms with Gasteiger partial charge in [-0.05, 0) is 23.6 Å². The minimum Gasteiger partial charge on any atom is -0.486 e. The minimum absolute atomic E-state index is 0.641. The first-order valence-corrected chi connectivity index (χ1v) is 8.66. The summed E-state index contributed by atoms with van der Waals surface area (Å²) in [4.78, 5) is 6.09. The lowest BCUT2D eigenvalue weighted by Gasteiger charge is -2.36. The molecule has 22 heavy (non-hydrogen) atoms. The number of benzene rings is 1. The Kier molecular flexibility index (Phi) is 5.32. The van der Waals surface area contributed by atoms with Gasteiger partial charge in [0.05, 0.1) is 5.69 Å². The lowest BCUT2D eigenvalue weighted by atomic mass is 10.2. The molecule has 0 spiro atoms. The summed E-state index contributed by atoms with van der Waals surface area (Å²) >= 11 is 1.73. The summed E-state index contributed by atoms with van der Waals surface area (Å²) in [6.07, 6.45) is 0. The summed E-state index contributed by atoms with van der Waals surface area (Å²) in [5.74, 6) is 0.975. The molecule has 1 aromatic carbocycles. The maximum Gasteiger partial charge on any atom is 0.143 e. The van der Waals surface area contributed by atoms with Crippen LogP contribution in [0.1, 0.15) is 4.88 Å². The zero-order valence-corrected chi connectivity index (χ0v) is 13.6. The Morgan fingerprint density at radius 2 is 1.86 bits per heavy atom. The maximum absolute atomic E-state index is 6.04. The number of rotatable bonds is 6. The molecule has 4 nitrogen and oxygen atoms in total. The van der Waals surface area contributed by atoms with E-state index in [0.29, 0.717) is 6.61 Å². The molecule has 1 saturated heterocycles. The van der Waals surface area contributed by atoms with E-state index in [0.717, 1.165) is 45.0 Å². The van der Waals surface area contributed by atoms with Gasteiger partial charge in [-0.25, -0.2) is 0 Å². The highest BCUT2D eigenvalue weighted by atomic mass is 32.1. The summed E-state index contributed by atoms with van der Waals surface area (Å²) in [5, 5.41) is 2.08. The smallest absolute Gasteiger partial charge is 0.143 e. The maximum atomic E-state index is 6.04. The van der Waals surface area contributed by atoms with E-state index in [9.17, 15) is 0 Å². The van der Waals surface area contributed by atoms with Crippen LogP contribution in [0.15, 0.2) is 41.8 Å². The number of nitrogens with two attached hydrogens (primary N) is 1. The van der Waals surface area contributed by atoms with Gasteiger partial charge >= 0.3 is 0 Å². The van der Waals surface area contributed by atoms with E-state index in [1.54, 1.807) is 11.3 Å². The van der Waals surface area contributed by atoms with Crippen LogP contribution < -0.4 is 15.4 Å². The molecule has 5 heteroatoms. The van der Waals surface area contributed by atoms with Crippen LogP contribution >= 0.6 is 11.3 Å². The van der Waals surface area contributed by atoms with E-state index in [1.165, 1.54) is 10.6 Å². The number of hydrogen-bond acceptors (Lipinski definition) is 5. The summed E-state index contributed by atoms with van der Waals surface area (Å²) in [7, 11) is 0. The fraction of sp³-hybridized carbons (Fsp3) is 0.412. The molecule has 2 aromatic rings. The molecule has 0 bridgehead atoms. The van der Waals surface area contributed by atoms with Crippen LogP contribution in [0.5, 0.6) is 5.75 Å². The van der Waals surface area contributed by atoms with Gasteiger partial charge in [-0.3, -0.25) is 4.90 Å². The van der Waals surface area contributed by atoms with Gasteiger partial charge in [-0.1, -0.05) is 18.2 Å². The number of piperazine rings is 1. The second-order valence-electron chi connectivity index (χ2n) is 5.45. The molecule has 2 heterocycles. The predicted octanol–water partition coefficient (Wildman–Crippen LogP) is 2.41. The number of nitrogens with zero attached hydrogens (tertiary/aromatic N) is 2. The van der Waals surface area contributed by atoms with Crippen molar-refractivity contribution in [3.05, 3.63) is 46.7 Å². The third-order valence-electron chi connectivity index (χ3n) is 3.97. The second-order valence-corrected chi connectivity index (χ2v) is 6.49. The molecule has 1 aliphatic heterocycles. The lowest BCUT2D eigenvalue weighted by Crippen LogP contribution is -2.47. The van der Waals surface area contributed by atoms with Crippen LogP contribution in [-0.2, 0) is 6.61 Å². The number of thiophene rings is 1. The largest absolute Gasteiger partial charge is 0.486 e. The number of anilines is 1. The molecule has 3 rings (SSSR count). The zero-order chi connectivity index (χ0) is 15.2. The monoisotopic (exact) mass is 317 g/mol. The Hall–Kier alpha value is -1.56. The summed E-state index contributed by atoms with van der Waals surface area (Å²) in [5.41, 5.74) is 6.84. The molecule has 1 aliphatic rings. The van der Waals surface area contributed by atoms with Gasteiger partial charge in [0.1, 0.15) is 12.4 Å². The van der Waals surface area contributed by atoms with Gasteiger partial charge in [0.15, 0.2) is 0 Å². The molecule has 0 aliphatic carbocycles. The van der Waals surface area contributed by atoms with Crippen molar-refractivity contribution >= 4 is 17.0 Å². The van der Waals surface area contributed by atoms with Crippen molar-refractivity contribution in [3.8, 4) is 5.75 Å². The molecular weight excluding hydrogens is 294 g/mol. The van der Waals surface area contributed by atoms with Crippen molar-refractivity contribution in [3.63, 3.8) is 0 Å². The highest BCUT2D eigenvalue weighted by Gasteiger charge is 2.19. The minimum atomic E-state index is 0.641. The van der Waals surface area contributed by atoms with E-state index < -0.39 is 0 Å². The van der Waals surface area contributed by atoms with E-state index in [-0.39, 0.29) is 0 Å². The molecule has 0 atom stereocenters. The van der Waals surface area contributed by atoms with E-state index in [2.05, 4.69) is 45.5 Å². The van der Waals surface area contributed by atoms with Gasteiger partial charge in [0.2, 0.25) is 0 Å². The topological polar surface area (TPSA) is 41.7 Å².